The molecule has 90 valence electrons. The molecule has 1 heterocycles. The Labute approximate surface area is 98.1 Å². The standard InChI is InChI=1S/C13H22N2O/c1-14(2)9-11-7-12-10(8-13(11)16)5-4-6-15(12)3/h9-10,12H,4-8H2,1-3H3. The third-order valence-corrected chi connectivity index (χ3v) is 3.84. The van der Waals surface area contributed by atoms with Crippen molar-refractivity contribution in [1.82, 2.24) is 9.80 Å². The molecule has 3 nitrogen and oxygen atoms in total. The first-order valence-electron chi connectivity index (χ1n) is 6.18. The molecule has 0 aromatic heterocycles. The van der Waals surface area contributed by atoms with Crippen LogP contribution < -0.4 is 0 Å². The third kappa shape index (κ3) is 2.29. The van der Waals surface area contributed by atoms with E-state index < -0.39 is 0 Å². The van der Waals surface area contributed by atoms with Crippen molar-refractivity contribution >= 4 is 5.78 Å². The number of likely N-dealkylation sites (tertiary alicyclic amines) is 1. The van der Waals surface area contributed by atoms with Crippen molar-refractivity contribution in [3.8, 4) is 0 Å². The minimum Gasteiger partial charge on any atom is -0.383 e. The maximum Gasteiger partial charge on any atom is 0.160 e. The average molecular weight is 222 g/mol. The first kappa shape index (κ1) is 11.6. The molecular weight excluding hydrogens is 200 g/mol. The molecule has 16 heavy (non-hydrogen) atoms. The van der Waals surface area contributed by atoms with Crippen molar-refractivity contribution in [1.29, 1.82) is 0 Å². The van der Waals surface area contributed by atoms with Crippen LogP contribution in [-0.2, 0) is 4.79 Å². The predicted octanol–water partition coefficient (Wildman–Crippen LogP) is 1.51. The van der Waals surface area contributed by atoms with Gasteiger partial charge in [0, 0.05) is 38.3 Å². The van der Waals surface area contributed by atoms with Crippen LogP contribution in [-0.4, -0.2) is 49.3 Å². The Balaban J connectivity index is 2.13. The molecule has 1 saturated heterocycles. The van der Waals surface area contributed by atoms with Gasteiger partial charge in [-0.3, -0.25) is 4.79 Å². The van der Waals surface area contributed by atoms with Gasteiger partial charge >= 0.3 is 0 Å². The van der Waals surface area contributed by atoms with E-state index in [2.05, 4.69) is 11.9 Å². The van der Waals surface area contributed by atoms with E-state index in [0.717, 1.165) is 18.4 Å². The molecule has 0 radical (unpaired) electrons. The molecule has 1 aliphatic carbocycles. The molecule has 1 aliphatic heterocycles. The van der Waals surface area contributed by atoms with Gasteiger partial charge in [-0.15, -0.1) is 0 Å². The fourth-order valence-corrected chi connectivity index (χ4v) is 3.03. The lowest BCUT2D eigenvalue weighted by Crippen LogP contribution is -2.46. The molecule has 2 unspecified atom stereocenters. The number of rotatable bonds is 1. The van der Waals surface area contributed by atoms with Crippen LogP contribution >= 0.6 is 0 Å². The summed E-state index contributed by atoms with van der Waals surface area (Å²) >= 11 is 0. The maximum atomic E-state index is 12.0. The van der Waals surface area contributed by atoms with Gasteiger partial charge in [0.1, 0.15) is 0 Å². The molecule has 0 spiro atoms. The zero-order valence-electron chi connectivity index (χ0n) is 10.6. The lowest BCUT2D eigenvalue weighted by Gasteiger charge is -2.42. The van der Waals surface area contributed by atoms with Crippen LogP contribution in [0.1, 0.15) is 25.7 Å². The summed E-state index contributed by atoms with van der Waals surface area (Å²) in [5, 5.41) is 0. The Morgan fingerprint density at radius 2 is 2.12 bits per heavy atom. The van der Waals surface area contributed by atoms with Crippen LogP contribution in [0.5, 0.6) is 0 Å². The van der Waals surface area contributed by atoms with Gasteiger partial charge in [-0.25, -0.2) is 0 Å². The molecule has 0 amide bonds. The van der Waals surface area contributed by atoms with Crippen molar-refractivity contribution in [3.05, 3.63) is 11.8 Å². The highest BCUT2D eigenvalue weighted by molar-refractivity contribution is 5.96. The van der Waals surface area contributed by atoms with Crippen molar-refractivity contribution in [2.75, 3.05) is 27.7 Å². The molecule has 2 rings (SSSR count). The zero-order valence-corrected chi connectivity index (χ0v) is 10.6. The quantitative estimate of drug-likeness (QED) is 0.628. The number of carbonyl (C=O) groups is 1. The summed E-state index contributed by atoms with van der Waals surface area (Å²) in [6.45, 7) is 1.19. The Hall–Kier alpha value is -0.830. The molecule has 0 N–H and O–H groups in total. The highest BCUT2D eigenvalue weighted by Gasteiger charge is 2.36. The average Bonchev–Trinajstić information content (AvgIpc) is 2.20. The predicted molar refractivity (Wildman–Crippen MR) is 65.2 cm³/mol. The van der Waals surface area contributed by atoms with Gasteiger partial charge in [0.25, 0.3) is 0 Å². The molecule has 0 bridgehead atoms. The van der Waals surface area contributed by atoms with Crippen LogP contribution in [0.15, 0.2) is 11.8 Å². The van der Waals surface area contributed by atoms with Gasteiger partial charge in [0.05, 0.1) is 0 Å². The fourth-order valence-electron chi connectivity index (χ4n) is 3.03. The van der Waals surface area contributed by atoms with Crippen LogP contribution in [0.25, 0.3) is 0 Å². The van der Waals surface area contributed by atoms with Crippen molar-refractivity contribution in [2.24, 2.45) is 5.92 Å². The van der Waals surface area contributed by atoms with E-state index >= 15 is 0 Å². The normalized spacial score (nSPS) is 33.9. The topological polar surface area (TPSA) is 23.6 Å². The van der Waals surface area contributed by atoms with Gasteiger partial charge in [-0.05, 0) is 38.8 Å². The van der Waals surface area contributed by atoms with Crippen LogP contribution in [0.4, 0.5) is 0 Å². The van der Waals surface area contributed by atoms with E-state index in [4.69, 9.17) is 0 Å². The first-order chi connectivity index (χ1) is 7.58. The van der Waals surface area contributed by atoms with Crippen LogP contribution in [0.3, 0.4) is 0 Å². The monoisotopic (exact) mass is 222 g/mol. The Morgan fingerprint density at radius 1 is 1.38 bits per heavy atom. The van der Waals surface area contributed by atoms with Gasteiger partial charge in [-0.2, -0.15) is 0 Å². The second-order valence-electron chi connectivity index (χ2n) is 5.40. The van der Waals surface area contributed by atoms with E-state index in [9.17, 15) is 4.79 Å². The number of nitrogens with zero attached hydrogens (tertiary/aromatic N) is 2. The number of Topliss-reactive ketones (excluding diaryl/α,β-unsaturated/α-hetero) is 1. The summed E-state index contributed by atoms with van der Waals surface area (Å²) in [5.74, 6) is 0.968. The lowest BCUT2D eigenvalue weighted by molar-refractivity contribution is -0.119. The van der Waals surface area contributed by atoms with Crippen LogP contribution in [0.2, 0.25) is 0 Å². The summed E-state index contributed by atoms with van der Waals surface area (Å²) in [5.41, 5.74) is 1.01. The third-order valence-electron chi connectivity index (χ3n) is 3.84. The summed E-state index contributed by atoms with van der Waals surface area (Å²) in [6.07, 6.45) is 6.18. The van der Waals surface area contributed by atoms with Crippen molar-refractivity contribution < 1.29 is 4.79 Å². The van der Waals surface area contributed by atoms with E-state index in [1.54, 1.807) is 0 Å². The molecule has 2 atom stereocenters. The van der Waals surface area contributed by atoms with Crippen molar-refractivity contribution in [2.45, 2.75) is 31.7 Å². The van der Waals surface area contributed by atoms with Gasteiger partial charge in [0.15, 0.2) is 5.78 Å². The second-order valence-corrected chi connectivity index (χ2v) is 5.40. The number of hydrogen-bond donors (Lipinski definition) is 0. The van der Waals surface area contributed by atoms with Crippen molar-refractivity contribution in [3.63, 3.8) is 0 Å². The Morgan fingerprint density at radius 3 is 2.81 bits per heavy atom. The molecule has 2 fully saturated rings. The minimum absolute atomic E-state index is 0.366. The highest BCUT2D eigenvalue weighted by Crippen LogP contribution is 2.35. The van der Waals surface area contributed by atoms with E-state index in [-0.39, 0.29) is 0 Å². The summed E-state index contributed by atoms with van der Waals surface area (Å²) in [4.78, 5) is 16.4. The number of piperidine rings is 1. The number of hydrogen-bond acceptors (Lipinski definition) is 3. The molecule has 3 heteroatoms. The van der Waals surface area contributed by atoms with E-state index in [1.807, 2.05) is 25.2 Å². The number of fused-ring (bicyclic) bond motifs is 1. The van der Waals surface area contributed by atoms with Gasteiger partial charge < -0.3 is 9.80 Å². The largest absolute Gasteiger partial charge is 0.383 e. The Kier molecular flexibility index (Phi) is 3.33. The molecular formula is C13H22N2O. The first-order valence-corrected chi connectivity index (χ1v) is 6.18. The molecule has 0 aromatic carbocycles. The fraction of sp³-hybridized carbons (Fsp3) is 0.769. The SMILES string of the molecule is CN(C)C=C1CC2C(CCCN2C)CC1=O. The van der Waals surface area contributed by atoms with Crippen LogP contribution in [0, 0.1) is 5.92 Å². The minimum atomic E-state index is 0.366. The maximum absolute atomic E-state index is 12.0. The lowest BCUT2D eigenvalue weighted by atomic mass is 9.76. The van der Waals surface area contributed by atoms with Gasteiger partial charge in [-0.1, -0.05) is 0 Å². The summed E-state index contributed by atoms with van der Waals surface area (Å²) < 4.78 is 0. The summed E-state index contributed by atoms with van der Waals surface area (Å²) in [6, 6.07) is 0.595. The second kappa shape index (κ2) is 4.58. The molecule has 1 saturated carbocycles. The number of ketones is 1. The molecule has 2 aliphatic rings. The highest BCUT2D eigenvalue weighted by atomic mass is 16.1. The van der Waals surface area contributed by atoms with E-state index in [0.29, 0.717) is 17.7 Å². The smallest absolute Gasteiger partial charge is 0.160 e. The zero-order chi connectivity index (χ0) is 11.7. The molecule has 0 aromatic rings. The van der Waals surface area contributed by atoms with Gasteiger partial charge in [0.2, 0.25) is 0 Å². The number of carbonyl (C=O) groups excluding carboxylic acids is 1. The summed E-state index contributed by atoms with van der Waals surface area (Å²) in [7, 11) is 6.16. The van der Waals surface area contributed by atoms with E-state index in [1.165, 1.54) is 19.4 Å². The Bertz CT molecular complexity index is 309.